The molecule has 0 spiro atoms. The van der Waals surface area contributed by atoms with E-state index in [1.165, 1.54) is 28.4 Å². The third-order valence-corrected chi connectivity index (χ3v) is 13.7. The van der Waals surface area contributed by atoms with Gasteiger partial charge in [-0.3, -0.25) is 19.2 Å². The fraction of sp³-hybridized carbons (Fsp3) is 0.826. The topological polar surface area (TPSA) is 105 Å². The first-order chi connectivity index (χ1) is 15.1. The van der Waals surface area contributed by atoms with Crippen molar-refractivity contribution >= 4 is 32.0 Å². The number of carbonyl (C=O) groups is 4. The van der Waals surface area contributed by atoms with Gasteiger partial charge in [0.15, 0.2) is 11.3 Å². The lowest BCUT2D eigenvalue weighted by molar-refractivity contribution is -0.169. The maximum absolute atomic E-state index is 12.8. The minimum Gasteiger partial charge on any atom is -0.468 e. The Morgan fingerprint density at radius 1 is 0.781 bits per heavy atom. The Bertz CT molecular complexity index is 633. The number of rotatable bonds is 12. The third-order valence-electron chi connectivity index (χ3n) is 7.78. The van der Waals surface area contributed by atoms with Gasteiger partial charge in [-0.2, -0.15) is 0 Å². The van der Waals surface area contributed by atoms with E-state index in [0.29, 0.717) is 12.8 Å². The van der Waals surface area contributed by atoms with Crippen LogP contribution in [-0.4, -0.2) is 60.4 Å². The minimum absolute atomic E-state index is 0.0264. The zero-order valence-electron chi connectivity index (χ0n) is 20.7. The maximum Gasteiger partial charge on any atom is 0.323 e. The molecule has 1 aliphatic carbocycles. The van der Waals surface area contributed by atoms with E-state index in [0.717, 1.165) is 24.2 Å². The largest absolute Gasteiger partial charge is 0.468 e. The van der Waals surface area contributed by atoms with Gasteiger partial charge in [0, 0.05) is 0 Å². The molecule has 0 unspecified atom stereocenters. The van der Waals surface area contributed by atoms with Gasteiger partial charge in [-0.1, -0.05) is 44.9 Å². The number of methoxy groups -OCH3 is 4. The van der Waals surface area contributed by atoms with E-state index < -0.39 is 43.3 Å². The monoisotopic (exact) mass is 472 g/mol. The van der Waals surface area contributed by atoms with Crippen LogP contribution in [0.3, 0.4) is 0 Å². The number of ether oxygens (including phenoxy) is 4. The molecule has 184 valence electrons. The summed E-state index contributed by atoms with van der Waals surface area (Å²) in [7, 11) is 3.46. The van der Waals surface area contributed by atoms with Crippen LogP contribution >= 0.6 is 0 Å². The van der Waals surface area contributed by atoms with Crippen molar-refractivity contribution < 1.29 is 38.1 Å². The highest BCUT2D eigenvalue weighted by atomic mass is 28.3. The summed E-state index contributed by atoms with van der Waals surface area (Å²) in [6.07, 6.45) is 1.38. The maximum atomic E-state index is 12.8. The first-order valence-electron chi connectivity index (χ1n) is 11.5. The minimum atomic E-state index is -1.58. The highest BCUT2D eigenvalue weighted by Crippen LogP contribution is 2.53. The van der Waals surface area contributed by atoms with Crippen molar-refractivity contribution in [2.75, 3.05) is 28.4 Å². The number of hydrogen-bond acceptors (Lipinski definition) is 8. The molecule has 9 heteroatoms. The van der Waals surface area contributed by atoms with Crippen LogP contribution in [0.25, 0.3) is 0 Å². The van der Waals surface area contributed by atoms with E-state index in [9.17, 15) is 19.2 Å². The molecule has 1 saturated carbocycles. The lowest BCUT2D eigenvalue weighted by Gasteiger charge is -2.33. The molecular weight excluding hydrogens is 432 g/mol. The van der Waals surface area contributed by atoms with Crippen LogP contribution in [0.15, 0.2) is 0 Å². The molecule has 32 heavy (non-hydrogen) atoms. The van der Waals surface area contributed by atoms with Gasteiger partial charge in [0.25, 0.3) is 0 Å². The molecule has 1 aliphatic rings. The Balaban J connectivity index is 3.29. The van der Waals surface area contributed by atoms with Gasteiger partial charge >= 0.3 is 23.9 Å². The van der Waals surface area contributed by atoms with E-state index in [1.807, 2.05) is 0 Å². The first kappa shape index (κ1) is 28.1. The summed E-state index contributed by atoms with van der Waals surface area (Å²) in [6.45, 7) is 6.67. The molecular formula is C23H40O8Si. The lowest BCUT2D eigenvalue weighted by atomic mass is 9.84. The van der Waals surface area contributed by atoms with E-state index in [2.05, 4.69) is 20.8 Å². The molecule has 0 saturated heterocycles. The highest BCUT2D eigenvalue weighted by molar-refractivity contribution is 6.79. The molecule has 0 heterocycles. The average Bonchev–Trinajstić information content (AvgIpc) is 3.19. The van der Waals surface area contributed by atoms with Gasteiger partial charge in [-0.15, -0.1) is 0 Å². The van der Waals surface area contributed by atoms with Crippen molar-refractivity contribution in [3.63, 3.8) is 0 Å². The van der Waals surface area contributed by atoms with Crippen LogP contribution in [0, 0.1) is 23.2 Å². The molecule has 2 atom stereocenters. The molecule has 1 rings (SSSR count). The van der Waals surface area contributed by atoms with Crippen molar-refractivity contribution in [1.82, 2.24) is 0 Å². The summed E-state index contributed by atoms with van der Waals surface area (Å²) in [5.74, 6) is -3.38. The lowest BCUT2D eigenvalue weighted by Crippen LogP contribution is -2.40. The van der Waals surface area contributed by atoms with Gasteiger partial charge in [-0.25, -0.2) is 0 Å². The van der Waals surface area contributed by atoms with E-state index in [4.69, 9.17) is 18.9 Å². The van der Waals surface area contributed by atoms with Crippen molar-refractivity contribution in [2.45, 2.75) is 70.6 Å². The number of esters is 4. The Labute approximate surface area is 192 Å². The Morgan fingerprint density at radius 2 is 1.22 bits per heavy atom. The zero-order chi connectivity index (χ0) is 24.5. The molecule has 0 N–H and O–H groups in total. The van der Waals surface area contributed by atoms with Crippen LogP contribution in [0.5, 0.6) is 0 Å². The molecule has 0 aliphatic heterocycles. The van der Waals surface area contributed by atoms with Gasteiger partial charge in [0.1, 0.15) is 0 Å². The fourth-order valence-corrected chi connectivity index (χ4v) is 9.39. The summed E-state index contributed by atoms with van der Waals surface area (Å²) in [6, 6.07) is 4.36. The first-order valence-corrected chi connectivity index (χ1v) is 14.3. The number of carbonyl (C=O) groups excluding carboxylic acids is 4. The summed E-state index contributed by atoms with van der Waals surface area (Å²) in [5.41, 5.74) is -1.35. The zero-order valence-corrected chi connectivity index (χ0v) is 21.7. The predicted molar refractivity (Wildman–Crippen MR) is 121 cm³/mol. The molecule has 0 bridgehead atoms. The Morgan fingerprint density at radius 3 is 1.59 bits per heavy atom. The van der Waals surface area contributed by atoms with Crippen LogP contribution in [0.1, 0.15) is 46.5 Å². The predicted octanol–water partition coefficient (Wildman–Crippen LogP) is 3.60. The van der Waals surface area contributed by atoms with Crippen LogP contribution in [0.2, 0.25) is 24.2 Å². The molecule has 0 aromatic heterocycles. The normalized spacial score (nSPS) is 20.0. The van der Waals surface area contributed by atoms with Gasteiger partial charge in [0.05, 0.1) is 36.5 Å². The van der Waals surface area contributed by atoms with E-state index >= 15 is 0 Å². The SMILES string of the molecule is CC[Si](CC)(CC)C[C@@H]1CC(C(=O)OC)(C(=O)OC)C[C@H]1CCC(C(=O)OC)C(=O)OC. The van der Waals surface area contributed by atoms with Crippen molar-refractivity contribution in [2.24, 2.45) is 23.2 Å². The van der Waals surface area contributed by atoms with E-state index in [-0.39, 0.29) is 24.7 Å². The molecule has 0 aromatic rings. The molecule has 1 fully saturated rings. The van der Waals surface area contributed by atoms with Gasteiger partial charge in [-0.05, 0) is 37.5 Å². The smallest absolute Gasteiger partial charge is 0.323 e. The van der Waals surface area contributed by atoms with Crippen LogP contribution < -0.4 is 0 Å². The van der Waals surface area contributed by atoms with Crippen LogP contribution in [0.4, 0.5) is 0 Å². The molecule has 0 amide bonds. The Kier molecular flexibility index (Phi) is 10.9. The molecule has 0 aromatic carbocycles. The Hall–Kier alpha value is -1.90. The van der Waals surface area contributed by atoms with Gasteiger partial charge in [0.2, 0.25) is 0 Å². The van der Waals surface area contributed by atoms with Crippen molar-refractivity contribution in [3.8, 4) is 0 Å². The summed E-state index contributed by atoms with van der Waals surface area (Å²) >= 11 is 0. The highest BCUT2D eigenvalue weighted by Gasteiger charge is 2.58. The number of hydrogen-bond donors (Lipinski definition) is 0. The standard InChI is InChI=1S/C23H40O8Si/c1-8-32(9-2,10-3)15-17-14-23(21(26)30-6,22(27)31-7)13-16(17)11-12-18(19(24)28-4)20(25)29-5/h16-18H,8-15H2,1-7H3/t16-,17+/m1/s1. The second-order valence-corrected chi connectivity index (χ2v) is 14.5. The second-order valence-electron chi connectivity index (χ2n) is 8.93. The van der Waals surface area contributed by atoms with Gasteiger partial charge < -0.3 is 18.9 Å². The third kappa shape index (κ3) is 5.91. The quantitative estimate of drug-likeness (QED) is 0.184. The van der Waals surface area contributed by atoms with Crippen molar-refractivity contribution in [1.29, 1.82) is 0 Å². The average molecular weight is 473 g/mol. The summed E-state index contributed by atoms with van der Waals surface area (Å²) in [4.78, 5) is 49.9. The second kappa shape index (κ2) is 12.4. The fourth-order valence-electron chi connectivity index (χ4n) is 5.43. The molecule has 0 radical (unpaired) electrons. The summed E-state index contributed by atoms with van der Waals surface area (Å²) < 4.78 is 19.6. The van der Waals surface area contributed by atoms with Crippen molar-refractivity contribution in [3.05, 3.63) is 0 Å². The molecule has 8 nitrogen and oxygen atoms in total. The van der Waals surface area contributed by atoms with Crippen LogP contribution in [-0.2, 0) is 38.1 Å². The van der Waals surface area contributed by atoms with E-state index in [1.54, 1.807) is 0 Å². The summed E-state index contributed by atoms with van der Waals surface area (Å²) in [5, 5.41) is 0.